The predicted octanol–water partition coefficient (Wildman–Crippen LogP) is 5.02. The van der Waals surface area contributed by atoms with E-state index in [4.69, 9.17) is 9.59 Å². The van der Waals surface area contributed by atoms with Crippen LogP contribution >= 0.6 is 0 Å². The van der Waals surface area contributed by atoms with E-state index < -0.39 is 0 Å². The van der Waals surface area contributed by atoms with Gasteiger partial charge >= 0.3 is 0 Å². The van der Waals surface area contributed by atoms with Crippen molar-refractivity contribution in [3.05, 3.63) is 69.2 Å². The van der Waals surface area contributed by atoms with E-state index in [0.29, 0.717) is 0 Å². The molecule has 0 heterocycles. The molecule has 0 aliphatic rings. The Labute approximate surface area is 132 Å². The number of hydrogen-bond donors (Lipinski definition) is 0. The topological polar surface area (TPSA) is 168 Å². The van der Waals surface area contributed by atoms with Crippen molar-refractivity contribution in [2.24, 2.45) is 0 Å². The Balaban J connectivity index is -0.000000000238. The zero-order chi connectivity index (χ0) is 4.00. The van der Waals surface area contributed by atoms with Crippen LogP contribution in [0.3, 0.4) is 0 Å². The molecule has 0 saturated carbocycles. The van der Waals surface area contributed by atoms with Gasteiger partial charge in [-0.15, -0.1) is 0 Å². The first kappa shape index (κ1) is 643. The summed E-state index contributed by atoms with van der Waals surface area (Å²) in [4.78, 5) is 15.5. The van der Waals surface area contributed by atoms with E-state index in [9.17, 15) is 0 Å². The van der Waals surface area contributed by atoms with E-state index in [1.807, 2.05) is 0 Å². The molecule has 0 aromatic heterocycles. The van der Waals surface area contributed by atoms with Crippen LogP contribution in [0.5, 0.6) is 0 Å². The maximum atomic E-state index is 7.75. The van der Waals surface area contributed by atoms with Gasteiger partial charge in [-0.3, -0.25) is 13.6 Å². The average Bonchev–Trinajstić information content (AvgIpc) is 1.50. The van der Waals surface area contributed by atoms with Crippen molar-refractivity contribution in [3.63, 3.8) is 0 Å². The molecule has 8 N–H and O–H groups in total. The monoisotopic (exact) mass is 598 g/mol. The Morgan fingerprint density at radius 2 is 0.375 bits per heavy atom. The molecule has 0 spiro atoms. The molecular formula is C8H28Ir2N4O2-12. The van der Waals surface area contributed by atoms with Gasteiger partial charge in [0.1, 0.15) is 0 Å². The van der Waals surface area contributed by atoms with E-state index in [2.05, 4.69) is 13.6 Å². The second-order valence-electron chi connectivity index (χ2n) is 0. The zero-order valence-corrected chi connectivity index (χ0v) is 15.7. The number of rotatable bonds is 0. The molecule has 0 aromatic carbocycles. The first-order chi connectivity index (χ1) is 2.00. The molecule has 0 unspecified atom stereocenters. The van der Waals surface area contributed by atoms with Crippen LogP contribution in [0.2, 0.25) is 0 Å². The summed E-state index contributed by atoms with van der Waals surface area (Å²) < 4.78 is 0. The van der Waals surface area contributed by atoms with E-state index >= 15 is 0 Å². The summed E-state index contributed by atoms with van der Waals surface area (Å²) in [6.07, 6.45) is 0. The third-order valence-corrected chi connectivity index (χ3v) is 0. The predicted molar refractivity (Wildman–Crippen MR) is 73.1 cm³/mol. The van der Waals surface area contributed by atoms with Gasteiger partial charge in [0.15, 0.2) is 0 Å². The Morgan fingerprint density at radius 1 is 0.375 bits per heavy atom. The van der Waals surface area contributed by atoms with Crippen LogP contribution in [0.1, 0.15) is 0 Å². The molecule has 0 aromatic rings. The van der Waals surface area contributed by atoms with Gasteiger partial charge in [-0.1, -0.05) is 0 Å². The number of carbonyl (C=O) groups excluding carboxylic acids is 2. The third kappa shape index (κ3) is 11500. The molecule has 0 bridgehead atoms. The Morgan fingerprint density at radius 3 is 0.375 bits per heavy atom. The van der Waals surface area contributed by atoms with Gasteiger partial charge in [0.25, 0.3) is 0 Å². The van der Waals surface area contributed by atoms with Crippen molar-refractivity contribution in [2.75, 3.05) is 0 Å². The van der Waals surface area contributed by atoms with E-state index in [1.165, 1.54) is 0 Å². The van der Waals surface area contributed by atoms with Crippen LogP contribution in [-0.4, -0.2) is 13.6 Å². The van der Waals surface area contributed by atoms with Crippen molar-refractivity contribution in [2.45, 2.75) is 0 Å². The van der Waals surface area contributed by atoms with Gasteiger partial charge in [-0.2, -0.15) is 0 Å². The van der Waals surface area contributed by atoms with Crippen molar-refractivity contribution >= 4 is 13.6 Å². The standard InChI is InChI=1S/2CHO.6CH3.2Ir.4H2N/c2*1-2;;;;;;;;;;;;/h2*1H;6*1H3;;;4*1H2/q8*-1;;;4*-1. The van der Waals surface area contributed by atoms with Crippen LogP contribution in [0.4, 0.5) is 0 Å². The molecule has 0 saturated heterocycles. The summed E-state index contributed by atoms with van der Waals surface area (Å²) in [6, 6.07) is 0. The van der Waals surface area contributed by atoms with Crippen molar-refractivity contribution in [3.8, 4) is 0 Å². The SMILES string of the molecule is [CH-]=O.[CH-]=O.[CH3-].[CH3-].[CH3-].[CH3-].[CH3-].[CH3-].[Ir].[Ir].[NH2-].[NH2-].[NH2-].[NH2-]. The summed E-state index contributed by atoms with van der Waals surface area (Å²) >= 11 is 0. The second-order valence-corrected chi connectivity index (χ2v) is 0. The molecule has 2 radical (unpaired) electrons. The molecule has 0 rings (SSSR count). The quantitative estimate of drug-likeness (QED) is 0.283. The van der Waals surface area contributed by atoms with E-state index in [0.717, 1.165) is 0 Å². The fraction of sp³-hybridized carbons (Fsp3) is 0. The minimum absolute atomic E-state index is 0. The first-order valence-corrected chi connectivity index (χ1v) is 0.471. The molecule has 0 aliphatic heterocycles. The molecule has 0 aliphatic carbocycles. The summed E-state index contributed by atoms with van der Waals surface area (Å²) in [5, 5.41) is 0. The van der Waals surface area contributed by atoms with Gasteiger partial charge in [0.05, 0.1) is 0 Å². The largest absolute Gasteiger partial charge is 0.693 e. The maximum Gasteiger partial charge on any atom is 0 e. The molecule has 0 amide bonds. The fourth-order valence-corrected chi connectivity index (χ4v) is 0. The van der Waals surface area contributed by atoms with Crippen LogP contribution in [0.25, 0.3) is 24.6 Å². The molecule has 0 atom stereocenters. The van der Waals surface area contributed by atoms with Gasteiger partial charge in [0, 0.05) is 40.2 Å². The maximum absolute atomic E-state index is 7.75. The second kappa shape index (κ2) is 14200. The van der Waals surface area contributed by atoms with Crippen LogP contribution in [-0.2, 0) is 49.8 Å². The number of hydrogen-bond acceptors (Lipinski definition) is 2. The van der Waals surface area contributed by atoms with Crippen LogP contribution in [0, 0.1) is 44.6 Å². The molecule has 6 nitrogen and oxygen atoms in total. The van der Waals surface area contributed by atoms with Crippen LogP contribution in [0.15, 0.2) is 0 Å². The van der Waals surface area contributed by atoms with E-state index in [-0.39, 0.29) is 109 Å². The van der Waals surface area contributed by atoms with Crippen molar-refractivity contribution in [1.82, 2.24) is 0 Å². The summed E-state index contributed by atoms with van der Waals surface area (Å²) in [6.45, 7) is 6.50. The first-order valence-electron chi connectivity index (χ1n) is 0.471. The minimum atomic E-state index is 0. The Hall–Kier alpha value is 0.479. The van der Waals surface area contributed by atoms with Crippen LogP contribution < -0.4 is 0 Å². The van der Waals surface area contributed by atoms with Gasteiger partial charge in [-0.25, -0.2) is 0 Å². The molecule has 0 fully saturated rings. The summed E-state index contributed by atoms with van der Waals surface area (Å²) in [5.41, 5.74) is 0. The summed E-state index contributed by atoms with van der Waals surface area (Å²) in [7, 11) is 0. The third-order valence-electron chi connectivity index (χ3n) is 0. The van der Waals surface area contributed by atoms with Gasteiger partial charge in [0.2, 0.25) is 0 Å². The zero-order valence-electron chi connectivity index (χ0n) is 10.9. The normalized spacial score (nSPS) is 0.500. The molecule has 8 heteroatoms. The molecule has 16 heavy (non-hydrogen) atoms. The summed E-state index contributed by atoms with van der Waals surface area (Å²) in [5.74, 6) is 0. The Bertz CT molecular complexity index is 30.0. The average molecular weight is 597 g/mol. The molecule has 122 valence electrons. The van der Waals surface area contributed by atoms with Crippen molar-refractivity contribution < 1.29 is 49.8 Å². The van der Waals surface area contributed by atoms with Gasteiger partial charge in [-0.05, 0) is 0 Å². The Kier molecular flexibility index (Phi) is 569000. The fourth-order valence-electron chi connectivity index (χ4n) is 0. The smallest absolute Gasteiger partial charge is 0 e. The van der Waals surface area contributed by atoms with Crippen molar-refractivity contribution in [1.29, 1.82) is 0 Å². The number of nitrogens with two attached hydrogens (primary N) is 4. The minimum Gasteiger partial charge on any atom is -0.693 e. The molecular weight excluding hydrogens is 569 g/mol. The van der Waals surface area contributed by atoms with Gasteiger partial charge < -0.3 is 78.8 Å². The van der Waals surface area contributed by atoms with E-state index in [1.54, 1.807) is 0 Å².